The number of nitrogens with zero attached hydrogens (tertiary/aromatic N) is 1. The molecule has 1 unspecified atom stereocenters. The summed E-state index contributed by atoms with van der Waals surface area (Å²) in [6, 6.07) is 11.0. The smallest absolute Gasteiger partial charge is 0.224 e. The standard InChI is InChI=1S/C17H20N2O2/c1-3-6-16(20)19-15-11-13(9-8-12(15)2)17(21)14-7-4-5-10-18-14/h4-5,7-11,17,21H,3,6H2,1-2H3,(H,19,20). The Morgan fingerprint density at radius 1 is 1.33 bits per heavy atom. The fourth-order valence-electron chi connectivity index (χ4n) is 2.09. The zero-order valence-electron chi connectivity index (χ0n) is 12.3. The van der Waals surface area contributed by atoms with Crippen LogP contribution in [0.1, 0.15) is 42.7 Å². The Kier molecular flexibility index (Phi) is 5.06. The highest BCUT2D eigenvalue weighted by molar-refractivity contribution is 5.91. The quantitative estimate of drug-likeness (QED) is 0.886. The zero-order valence-corrected chi connectivity index (χ0v) is 12.3. The van der Waals surface area contributed by atoms with E-state index in [1.54, 1.807) is 12.3 Å². The summed E-state index contributed by atoms with van der Waals surface area (Å²) in [6.45, 7) is 3.90. The van der Waals surface area contributed by atoms with Crippen molar-refractivity contribution >= 4 is 11.6 Å². The molecule has 1 aromatic heterocycles. The van der Waals surface area contributed by atoms with E-state index < -0.39 is 6.10 Å². The minimum Gasteiger partial charge on any atom is -0.382 e. The number of aliphatic hydroxyl groups excluding tert-OH is 1. The first-order chi connectivity index (χ1) is 10.1. The number of aromatic nitrogens is 1. The van der Waals surface area contributed by atoms with Gasteiger partial charge in [-0.3, -0.25) is 9.78 Å². The number of hydrogen-bond donors (Lipinski definition) is 2. The van der Waals surface area contributed by atoms with E-state index in [4.69, 9.17) is 0 Å². The van der Waals surface area contributed by atoms with Crippen molar-refractivity contribution in [1.29, 1.82) is 0 Å². The number of benzene rings is 1. The van der Waals surface area contributed by atoms with E-state index in [1.807, 2.05) is 44.2 Å². The zero-order chi connectivity index (χ0) is 15.2. The Morgan fingerprint density at radius 2 is 2.14 bits per heavy atom. The van der Waals surface area contributed by atoms with E-state index in [1.165, 1.54) is 0 Å². The van der Waals surface area contributed by atoms with Crippen LogP contribution >= 0.6 is 0 Å². The fraction of sp³-hybridized carbons (Fsp3) is 0.294. The molecule has 0 aliphatic heterocycles. The molecule has 4 nitrogen and oxygen atoms in total. The second kappa shape index (κ2) is 6.99. The van der Waals surface area contributed by atoms with E-state index in [0.29, 0.717) is 17.7 Å². The molecule has 2 aromatic rings. The average molecular weight is 284 g/mol. The van der Waals surface area contributed by atoms with Crippen LogP contribution < -0.4 is 5.32 Å². The third-order valence-corrected chi connectivity index (χ3v) is 3.30. The van der Waals surface area contributed by atoms with E-state index in [-0.39, 0.29) is 5.91 Å². The molecule has 2 N–H and O–H groups in total. The monoisotopic (exact) mass is 284 g/mol. The maximum atomic E-state index is 11.7. The fourth-order valence-corrected chi connectivity index (χ4v) is 2.09. The molecule has 4 heteroatoms. The van der Waals surface area contributed by atoms with Crippen molar-refractivity contribution in [3.05, 3.63) is 59.4 Å². The molecule has 0 saturated carbocycles. The van der Waals surface area contributed by atoms with Crippen LogP contribution in [0.3, 0.4) is 0 Å². The molecule has 110 valence electrons. The molecule has 1 atom stereocenters. The number of carbonyl (C=O) groups is 1. The predicted octanol–water partition coefficient (Wildman–Crippen LogP) is 3.21. The first kappa shape index (κ1) is 15.2. The van der Waals surface area contributed by atoms with Gasteiger partial charge in [-0.1, -0.05) is 25.1 Å². The summed E-state index contributed by atoms with van der Waals surface area (Å²) in [5.74, 6) is -0.00919. The predicted molar refractivity (Wildman–Crippen MR) is 83.0 cm³/mol. The van der Waals surface area contributed by atoms with Crippen molar-refractivity contribution in [3.8, 4) is 0 Å². The Labute approximate surface area is 124 Å². The molecule has 0 bridgehead atoms. The van der Waals surface area contributed by atoms with Crippen LogP contribution in [0.25, 0.3) is 0 Å². The van der Waals surface area contributed by atoms with Gasteiger partial charge in [0.2, 0.25) is 5.91 Å². The first-order valence-corrected chi connectivity index (χ1v) is 7.11. The Hall–Kier alpha value is -2.20. The van der Waals surface area contributed by atoms with Crippen molar-refractivity contribution in [2.45, 2.75) is 32.8 Å². The highest BCUT2D eigenvalue weighted by atomic mass is 16.3. The summed E-state index contributed by atoms with van der Waals surface area (Å²) in [5.41, 5.74) is 3.01. The maximum Gasteiger partial charge on any atom is 0.224 e. The molecule has 0 saturated heterocycles. The lowest BCUT2D eigenvalue weighted by Crippen LogP contribution is -2.12. The summed E-state index contributed by atoms with van der Waals surface area (Å²) < 4.78 is 0. The van der Waals surface area contributed by atoms with Crippen molar-refractivity contribution in [2.75, 3.05) is 5.32 Å². The Balaban J connectivity index is 2.24. The Morgan fingerprint density at radius 3 is 2.81 bits per heavy atom. The lowest BCUT2D eigenvalue weighted by molar-refractivity contribution is -0.116. The van der Waals surface area contributed by atoms with Gasteiger partial charge in [0.15, 0.2) is 0 Å². The van der Waals surface area contributed by atoms with E-state index >= 15 is 0 Å². The van der Waals surface area contributed by atoms with Gasteiger partial charge in [0, 0.05) is 18.3 Å². The van der Waals surface area contributed by atoms with Crippen molar-refractivity contribution < 1.29 is 9.90 Å². The molecule has 0 aliphatic carbocycles. The molecular formula is C17H20N2O2. The number of carbonyl (C=O) groups excluding carboxylic acids is 1. The number of hydrogen-bond acceptors (Lipinski definition) is 3. The molecule has 21 heavy (non-hydrogen) atoms. The molecule has 0 aliphatic rings. The number of pyridine rings is 1. The first-order valence-electron chi connectivity index (χ1n) is 7.11. The van der Waals surface area contributed by atoms with Gasteiger partial charge in [0.05, 0.1) is 5.69 Å². The van der Waals surface area contributed by atoms with Gasteiger partial charge in [-0.15, -0.1) is 0 Å². The van der Waals surface area contributed by atoms with Crippen molar-refractivity contribution in [3.63, 3.8) is 0 Å². The van der Waals surface area contributed by atoms with Crippen LogP contribution in [0, 0.1) is 6.92 Å². The van der Waals surface area contributed by atoms with Gasteiger partial charge >= 0.3 is 0 Å². The molecule has 2 rings (SSSR count). The molecule has 1 aromatic carbocycles. The van der Waals surface area contributed by atoms with Gasteiger partial charge in [0.1, 0.15) is 6.10 Å². The lowest BCUT2D eigenvalue weighted by atomic mass is 10.0. The summed E-state index contributed by atoms with van der Waals surface area (Å²) in [4.78, 5) is 15.9. The molecule has 1 amide bonds. The molecule has 0 fully saturated rings. The SMILES string of the molecule is CCCC(=O)Nc1cc(C(O)c2ccccn2)ccc1C. The van der Waals surface area contributed by atoms with Crippen LogP contribution in [-0.2, 0) is 4.79 Å². The summed E-state index contributed by atoms with van der Waals surface area (Å²) in [6.07, 6.45) is 2.15. The number of aryl methyl sites for hydroxylation is 1. The number of amides is 1. The van der Waals surface area contributed by atoms with Crippen LogP contribution in [0.2, 0.25) is 0 Å². The minimum atomic E-state index is -0.798. The maximum absolute atomic E-state index is 11.7. The van der Waals surface area contributed by atoms with Crippen LogP contribution in [0.4, 0.5) is 5.69 Å². The van der Waals surface area contributed by atoms with Gasteiger partial charge in [0.25, 0.3) is 0 Å². The minimum absolute atomic E-state index is 0.00919. The van der Waals surface area contributed by atoms with Crippen LogP contribution in [0.15, 0.2) is 42.6 Å². The van der Waals surface area contributed by atoms with E-state index in [2.05, 4.69) is 10.3 Å². The summed E-state index contributed by atoms with van der Waals surface area (Å²) in [7, 11) is 0. The normalized spacial score (nSPS) is 12.0. The summed E-state index contributed by atoms with van der Waals surface area (Å²) >= 11 is 0. The van der Waals surface area contributed by atoms with Crippen molar-refractivity contribution in [1.82, 2.24) is 4.98 Å². The van der Waals surface area contributed by atoms with Gasteiger partial charge in [-0.05, 0) is 42.7 Å². The molecule has 1 heterocycles. The number of nitrogens with one attached hydrogen (secondary N) is 1. The second-order valence-corrected chi connectivity index (χ2v) is 5.03. The van der Waals surface area contributed by atoms with Crippen LogP contribution in [-0.4, -0.2) is 16.0 Å². The number of aliphatic hydroxyl groups is 1. The van der Waals surface area contributed by atoms with Crippen molar-refractivity contribution in [2.24, 2.45) is 0 Å². The van der Waals surface area contributed by atoms with Gasteiger partial charge in [-0.2, -0.15) is 0 Å². The van der Waals surface area contributed by atoms with Crippen LogP contribution in [0.5, 0.6) is 0 Å². The molecule has 0 radical (unpaired) electrons. The number of rotatable bonds is 5. The third-order valence-electron chi connectivity index (χ3n) is 3.30. The largest absolute Gasteiger partial charge is 0.382 e. The van der Waals surface area contributed by atoms with Gasteiger partial charge < -0.3 is 10.4 Å². The molecule has 0 spiro atoms. The van der Waals surface area contributed by atoms with E-state index in [0.717, 1.165) is 17.7 Å². The Bertz CT molecular complexity index is 611. The number of anilines is 1. The second-order valence-electron chi connectivity index (χ2n) is 5.03. The van der Waals surface area contributed by atoms with E-state index in [9.17, 15) is 9.90 Å². The topological polar surface area (TPSA) is 62.2 Å². The lowest BCUT2D eigenvalue weighted by Gasteiger charge is -2.14. The average Bonchev–Trinajstić information content (AvgIpc) is 2.50. The highest BCUT2D eigenvalue weighted by Gasteiger charge is 2.13. The summed E-state index contributed by atoms with van der Waals surface area (Å²) in [5, 5.41) is 13.3. The molecular weight excluding hydrogens is 264 g/mol. The van der Waals surface area contributed by atoms with Gasteiger partial charge in [-0.25, -0.2) is 0 Å². The third kappa shape index (κ3) is 3.89. The highest BCUT2D eigenvalue weighted by Crippen LogP contribution is 2.25.